The summed E-state index contributed by atoms with van der Waals surface area (Å²) in [7, 11) is 0. The monoisotopic (exact) mass is 268 g/mol. The average molecular weight is 268 g/mol. The number of halogens is 1. The Kier molecular flexibility index (Phi) is 5.89. The molecule has 4 nitrogen and oxygen atoms in total. The van der Waals surface area contributed by atoms with Gasteiger partial charge in [0.1, 0.15) is 5.82 Å². The van der Waals surface area contributed by atoms with Crippen LogP contribution in [-0.4, -0.2) is 33.5 Å². The van der Waals surface area contributed by atoms with Crippen molar-refractivity contribution >= 4 is 5.97 Å². The fourth-order valence-electron chi connectivity index (χ4n) is 2.16. The number of pyridine rings is 1. The van der Waals surface area contributed by atoms with E-state index in [1.165, 1.54) is 12.3 Å². The number of aromatic nitrogens is 1. The molecule has 19 heavy (non-hydrogen) atoms. The zero-order chi connectivity index (χ0) is 14.4. The fourth-order valence-corrected chi connectivity index (χ4v) is 2.16. The van der Waals surface area contributed by atoms with E-state index in [-0.39, 0.29) is 24.4 Å². The summed E-state index contributed by atoms with van der Waals surface area (Å²) in [6.07, 6.45) is 2.76. The van der Waals surface area contributed by atoms with Gasteiger partial charge in [-0.2, -0.15) is 0 Å². The zero-order valence-electron chi connectivity index (χ0n) is 11.6. The van der Waals surface area contributed by atoms with E-state index in [0.29, 0.717) is 5.69 Å². The molecule has 1 rings (SSSR count). The van der Waals surface area contributed by atoms with Gasteiger partial charge in [0.25, 0.3) is 0 Å². The minimum absolute atomic E-state index is 0.0351. The second-order valence-electron chi connectivity index (χ2n) is 4.65. The summed E-state index contributed by atoms with van der Waals surface area (Å²) >= 11 is 0. The van der Waals surface area contributed by atoms with E-state index >= 15 is 0 Å². The molecular weight excluding hydrogens is 247 g/mol. The van der Waals surface area contributed by atoms with Crippen molar-refractivity contribution in [1.82, 2.24) is 9.88 Å². The molecule has 0 spiro atoms. The first kappa shape index (κ1) is 15.6. The van der Waals surface area contributed by atoms with Crippen LogP contribution in [0.5, 0.6) is 0 Å². The highest BCUT2D eigenvalue weighted by molar-refractivity contribution is 5.69. The van der Waals surface area contributed by atoms with Gasteiger partial charge >= 0.3 is 5.97 Å². The van der Waals surface area contributed by atoms with Gasteiger partial charge in [-0.1, -0.05) is 13.8 Å². The Morgan fingerprint density at radius 3 is 2.53 bits per heavy atom. The molecule has 2 unspecified atom stereocenters. The lowest BCUT2D eigenvalue weighted by Crippen LogP contribution is -2.40. The number of hydrogen-bond acceptors (Lipinski definition) is 3. The number of carboxylic acid groups (broad SMARTS) is 1. The molecule has 0 aliphatic rings. The standard InChI is InChI=1S/C14H21FN2O2/c1-4-10(3)17(9-14(18)19)13(5-2)12-7-6-11(15)8-16-12/h6-8,10,13H,4-5,9H2,1-3H3,(H,18,19). The minimum atomic E-state index is -0.860. The predicted molar refractivity (Wildman–Crippen MR) is 71.3 cm³/mol. The summed E-state index contributed by atoms with van der Waals surface area (Å²) in [5, 5.41) is 9.04. The maximum absolute atomic E-state index is 12.9. The quantitative estimate of drug-likeness (QED) is 0.826. The highest BCUT2D eigenvalue weighted by Crippen LogP contribution is 2.25. The molecule has 0 saturated heterocycles. The Hall–Kier alpha value is -1.49. The highest BCUT2D eigenvalue weighted by Gasteiger charge is 2.25. The van der Waals surface area contributed by atoms with Crippen molar-refractivity contribution < 1.29 is 14.3 Å². The molecule has 0 bridgehead atoms. The van der Waals surface area contributed by atoms with Crippen LogP contribution in [0, 0.1) is 5.82 Å². The van der Waals surface area contributed by atoms with Crippen LogP contribution in [0.3, 0.4) is 0 Å². The molecule has 1 aromatic rings. The molecule has 1 N–H and O–H groups in total. The van der Waals surface area contributed by atoms with Gasteiger partial charge in [0.05, 0.1) is 24.5 Å². The molecule has 106 valence electrons. The van der Waals surface area contributed by atoms with E-state index < -0.39 is 5.97 Å². The summed E-state index contributed by atoms with van der Waals surface area (Å²) in [5.74, 6) is -1.24. The van der Waals surface area contributed by atoms with Crippen molar-refractivity contribution in [2.75, 3.05) is 6.54 Å². The van der Waals surface area contributed by atoms with E-state index in [9.17, 15) is 9.18 Å². The molecule has 0 aromatic carbocycles. The number of rotatable bonds is 7. The molecule has 0 aliphatic carbocycles. The maximum Gasteiger partial charge on any atom is 0.317 e. The second-order valence-corrected chi connectivity index (χ2v) is 4.65. The first-order chi connectivity index (χ1) is 8.99. The Morgan fingerprint density at radius 2 is 2.11 bits per heavy atom. The Balaban J connectivity index is 3.01. The Bertz CT molecular complexity index is 408. The molecular formula is C14H21FN2O2. The van der Waals surface area contributed by atoms with Crippen molar-refractivity contribution in [3.63, 3.8) is 0 Å². The van der Waals surface area contributed by atoms with Gasteiger partial charge in [0.2, 0.25) is 0 Å². The minimum Gasteiger partial charge on any atom is -0.480 e. The second kappa shape index (κ2) is 7.19. The van der Waals surface area contributed by atoms with Crippen LogP contribution in [0.25, 0.3) is 0 Å². The number of carboxylic acids is 1. The summed E-state index contributed by atoms with van der Waals surface area (Å²) in [6, 6.07) is 3.01. The van der Waals surface area contributed by atoms with Crippen molar-refractivity contribution in [3.8, 4) is 0 Å². The molecule has 0 radical (unpaired) electrons. The normalized spacial score (nSPS) is 14.4. The smallest absolute Gasteiger partial charge is 0.317 e. The molecule has 0 amide bonds. The lowest BCUT2D eigenvalue weighted by Gasteiger charge is -2.34. The van der Waals surface area contributed by atoms with Crippen LogP contribution in [0.15, 0.2) is 18.3 Å². The first-order valence-corrected chi connectivity index (χ1v) is 6.58. The largest absolute Gasteiger partial charge is 0.480 e. The fraction of sp³-hybridized carbons (Fsp3) is 0.571. The van der Waals surface area contributed by atoms with Crippen molar-refractivity contribution in [1.29, 1.82) is 0 Å². The lowest BCUT2D eigenvalue weighted by atomic mass is 10.0. The van der Waals surface area contributed by atoms with E-state index in [0.717, 1.165) is 12.8 Å². The van der Waals surface area contributed by atoms with E-state index in [2.05, 4.69) is 4.98 Å². The highest BCUT2D eigenvalue weighted by atomic mass is 19.1. The van der Waals surface area contributed by atoms with Crippen molar-refractivity contribution in [3.05, 3.63) is 29.8 Å². The van der Waals surface area contributed by atoms with Crippen molar-refractivity contribution in [2.24, 2.45) is 0 Å². The maximum atomic E-state index is 12.9. The molecule has 1 heterocycles. The SMILES string of the molecule is CCC(C)N(CC(=O)O)C(CC)c1ccc(F)cn1. The van der Waals surface area contributed by atoms with Crippen LogP contribution in [0.2, 0.25) is 0 Å². The summed E-state index contributed by atoms with van der Waals surface area (Å²) in [4.78, 5) is 17.0. The van der Waals surface area contributed by atoms with Gasteiger partial charge in [0.15, 0.2) is 0 Å². The van der Waals surface area contributed by atoms with Gasteiger partial charge in [-0.3, -0.25) is 14.7 Å². The lowest BCUT2D eigenvalue weighted by molar-refractivity contribution is -0.139. The molecule has 0 fully saturated rings. The van der Waals surface area contributed by atoms with Gasteiger partial charge in [-0.25, -0.2) is 4.39 Å². The van der Waals surface area contributed by atoms with Gasteiger partial charge < -0.3 is 5.11 Å². The number of hydrogen-bond donors (Lipinski definition) is 1. The van der Waals surface area contributed by atoms with E-state index in [1.807, 2.05) is 25.7 Å². The van der Waals surface area contributed by atoms with Crippen LogP contribution in [0.1, 0.15) is 45.3 Å². The molecule has 0 aliphatic heterocycles. The molecule has 0 saturated carbocycles. The molecule has 5 heteroatoms. The summed E-state index contributed by atoms with van der Waals surface area (Å²) in [6.45, 7) is 5.96. The van der Waals surface area contributed by atoms with Crippen LogP contribution in [-0.2, 0) is 4.79 Å². The third-order valence-electron chi connectivity index (χ3n) is 3.35. The topological polar surface area (TPSA) is 53.4 Å². The predicted octanol–water partition coefficient (Wildman–Crippen LogP) is 2.86. The van der Waals surface area contributed by atoms with Crippen LogP contribution >= 0.6 is 0 Å². The Morgan fingerprint density at radius 1 is 1.42 bits per heavy atom. The van der Waals surface area contributed by atoms with Crippen molar-refractivity contribution in [2.45, 2.75) is 45.7 Å². The van der Waals surface area contributed by atoms with Gasteiger partial charge in [0, 0.05) is 6.04 Å². The zero-order valence-corrected chi connectivity index (χ0v) is 11.6. The van der Waals surface area contributed by atoms with Gasteiger partial charge in [-0.05, 0) is 31.9 Å². The first-order valence-electron chi connectivity index (χ1n) is 6.58. The van der Waals surface area contributed by atoms with Crippen LogP contribution < -0.4 is 0 Å². The molecule has 2 atom stereocenters. The summed E-state index contributed by atoms with van der Waals surface area (Å²) < 4.78 is 12.9. The molecule has 1 aromatic heterocycles. The van der Waals surface area contributed by atoms with Gasteiger partial charge in [-0.15, -0.1) is 0 Å². The number of carbonyl (C=O) groups is 1. The van der Waals surface area contributed by atoms with E-state index in [1.54, 1.807) is 6.07 Å². The number of aliphatic carboxylic acids is 1. The number of nitrogens with zero attached hydrogens (tertiary/aromatic N) is 2. The third-order valence-corrected chi connectivity index (χ3v) is 3.35. The Labute approximate surface area is 113 Å². The third kappa shape index (κ3) is 4.28. The summed E-state index contributed by atoms with van der Waals surface area (Å²) in [5.41, 5.74) is 0.713. The van der Waals surface area contributed by atoms with E-state index in [4.69, 9.17) is 5.11 Å². The van der Waals surface area contributed by atoms with Crippen LogP contribution in [0.4, 0.5) is 4.39 Å². The average Bonchev–Trinajstić information content (AvgIpc) is 2.39.